The molecule has 0 radical (unpaired) electrons. The van der Waals surface area contributed by atoms with Crippen LogP contribution in [0.25, 0.3) is 0 Å². The molecule has 3 heteroatoms. The van der Waals surface area contributed by atoms with Crippen molar-refractivity contribution in [3.05, 3.63) is 0 Å². The van der Waals surface area contributed by atoms with Crippen LogP contribution in [-0.4, -0.2) is 35.1 Å². The van der Waals surface area contributed by atoms with Crippen LogP contribution in [-0.2, 0) is 4.79 Å². The lowest BCUT2D eigenvalue weighted by Gasteiger charge is -2.41. The summed E-state index contributed by atoms with van der Waals surface area (Å²) in [5, 5.41) is 9.32. The van der Waals surface area contributed by atoms with Crippen LogP contribution in [0.5, 0.6) is 0 Å². The molecule has 2 rings (SSSR count). The molecule has 92 valence electrons. The first-order valence-corrected chi connectivity index (χ1v) is 6.65. The smallest absolute Gasteiger partial charge is 0.309 e. The minimum atomic E-state index is -0.582. The van der Waals surface area contributed by atoms with Crippen molar-refractivity contribution in [3.8, 4) is 0 Å². The number of carboxylic acid groups (broad SMARTS) is 1. The molecule has 1 aliphatic heterocycles. The topological polar surface area (TPSA) is 40.5 Å². The van der Waals surface area contributed by atoms with E-state index >= 15 is 0 Å². The number of hydrogen-bond acceptors (Lipinski definition) is 2. The Morgan fingerprint density at radius 2 is 1.88 bits per heavy atom. The minimum Gasteiger partial charge on any atom is -0.481 e. The van der Waals surface area contributed by atoms with Gasteiger partial charge in [0, 0.05) is 6.04 Å². The molecule has 0 aromatic heterocycles. The van der Waals surface area contributed by atoms with E-state index in [1.54, 1.807) is 0 Å². The van der Waals surface area contributed by atoms with E-state index in [0.29, 0.717) is 0 Å². The number of rotatable bonds is 3. The van der Waals surface area contributed by atoms with E-state index in [4.69, 9.17) is 0 Å². The Morgan fingerprint density at radius 1 is 1.31 bits per heavy atom. The first-order chi connectivity index (χ1) is 7.68. The molecule has 0 atom stereocenters. The molecule has 1 saturated carbocycles. The van der Waals surface area contributed by atoms with Crippen molar-refractivity contribution >= 4 is 5.97 Å². The van der Waals surface area contributed by atoms with Gasteiger partial charge in [-0.1, -0.05) is 19.8 Å². The molecular formula is C13H23NO2. The Balaban J connectivity index is 1.92. The summed E-state index contributed by atoms with van der Waals surface area (Å²) in [4.78, 5) is 13.8. The van der Waals surface area contributed by atoms with Crippen molar-refractivity contribution in [2.45, 2.75) is 57.9 Å². The van der Waals surface area contributed by atoms with Gasteiger partial charge in [0.15, 0.2) is 0 Å². The molecule has 1 N–H and O–H groups in total. The van der Waals surface area contributed by atoms with Crippen LogP contribution in [0, 0.1) is 5.41 Å². The molecule has 0 unspecified atom stereocenters. The summed E-state index contributed by atoms with van der Waals surface area (Å²) in [5.41, 5.74) is -0.422. The van der Waals surface area contributed by atoms with Crippen molar-refractivity contribution < 1.29 is 9.90 Å². The lowest BCUT2D eigenvalue weighted by atomic mass is 9.76. The molecule has 2 aliphatic rings. The van der Waals surface area contributed by atoms with Crippen LogP contribution < -0.4 is 0 Å². The highest BCUT2D eigenvalue weighted by atomic mass is 16.4. The summed E-state index contributed by atoms with van der Waals surface area (Å²) >= 11 is 0. The molecule has 0 aromatic rings. The average Bonchev–Trinajstić information content (AvgIpc) is 2.82. The second kappa shape index (κ2) is 4.74. The summed E-state index contributed by atoms with van der Waals surface area (Å²) in [5.74, 6) is -0.582. The fourth-order valence-corrected chi connectivity index (χ4v) is 3.31. The molecule has 1 saturated heterocycles. The van der Waals surface area contributed by atoms with Crippen LogP contribution in [0.15, 0.2) is 0 Å². The Labute approximate surface area is 97.8 Å². The van der Waals surface area contributed by atoms with Gasteiger partial charge in [-0.3, -0.25) is 4.79 Å². The summed E-state index contributed by atoms with van der Waals surface area (Å²) < 4.78 is 0. The van der Waals surface area contributed by atoms with E-state index in [9.17, 15) is 9.90 Å². The molecule has 3 nitrogen and oxygen atoms in total. The highest BCUT2D eigenvalue weighted by Gasteiger charge is 2.41. The molecule has 2 fully saturated rings. The summed E-state index contributed by atoms with van der Waals surface area (Å²) in [7, 11) is 0. The zero-order valence-corrected chi connectivity index (χ0v) is 10.2. The van der Waals surface area contributed by atoms with E-state index < -0.39 is 11.4 Å². The van der Waals surface area contributed by atoms with Crippen molar-refractivity contribution in [3.63, 3.8) is 0 Å². The van der Waals surface area contributed by atoms with E-state index in [2.05, 4.69) is 4.90 Å². The van der Waals surface area contributed by atoms with Gasteiger partial charge in [0.05, 0.1) is 5.41 Å². The van der Waals surface area contributed by atoms with Gasteiger partial charge in [-0.25, -0.2) is 0 Å². The van der Waals surface area contributed by atoms with Crippen LogP contribution in [0.1, 0.15) is 51.9 Å². The van der Waals surface area contributed by atoms with Crippen LogP contribution >= 0.6 is 0 Å². The molecular weight excluding hydrogens is 202 g/mol. The fraction of sp³-hybridized carbons (Fsp3) is 0.923. The summed E-state index contributed by atoms with van der Waals surface area (Å²) in [6.45, 7) is 4.00. The van der Waals surface area contributed by atoms with E-state index in [1.807, 2.05) is 6.92 Å². The van der Waals surface area contributed by atoms with Gasteiger partial charge in [-0.2, -0.15) is 0 Å². The van der Waals surface area contributed by atoms with Gasteiger partial charge in [0.1, 0.15) is 0 Å². The van der Waals surface area contributed by atoms with Crippen molar-refractivity contribution in [2.75, 3.05) is 13.1 Å². The summed E-state index contributed by atoms with van der Waals surface area (Å²) in [6, 6.07) is 0.753. The molecule has 0 aromatic carbocycles. The largest absolute Gasteiger partial charge is 0.481 e. The predicted molar refractivity (Wildman–Crippen MR) is 63.4 cm³/mol. The Morgan fingerprint density at radius 3 is 2.31 bits per heavy atom. The Kier molecular flexibility index (Phi) is 3.53. The fourth-order valence-electron chi connectivity index (χ4n) is 3.31. The molecule has 0 amide bonds. The maximum absolute atomic E-state index is 11.3. The molecule has 1 heterocycles. The molecule has 16 heavy (non-hydrogen) atoms. The van der Waals surface area contributed by atoms with Gasteiger partial charge in [-0.05, 0) is 45.2 Å². The van der Waals surface area contributed by atoms with Gasteiger partial charge < -0.3 is 10.0 Å². The van der Waals surface area contributed by atoms with Crippen LogP contribution in [0.2, 0.25) is 0 Å². The zero-order chi connectivity index (χ0) is 11.6. The quantitative estimate of drug-likeness (QED) is 0.802. The van der Waals surface area contributed by atoms with E-state index in [-0.39, 0.29) is 0 Å². The van der Waals surface area contributed by atoms with Gasteiger partial charge >= 0.3 is 5.97 Å². The third-order valence-corrected chi connectivity index (χ3v) is 4.73. The third-order valence-electron chi connectivity index (χ3n) is 4.73. The predicted octanol–water partition coefficient (Wildman–Crippen LogP) is 2.51. The van der Waals surface area contributed by atoms with Gasteiger partial charge in [-0.15, -0.1) is 0 Å². The number of hydrogen-bond donors (Lipinski definition) is 1. The highest BCUT2D eigenvalue weighted by Crippen LogP contribution is 2.37. The Hall–Kier alpha value is -0.570. The zero-order valence-electron chi connectivity index (χ0n) is 10.2. The number of aliphatic carboxylic acids is 1. The average molecular weight is 225 g/mol. The molecule has 0 spiro atoms. The Bertz CT molecular complexity index is 251. The highest BCUT2D eigenvalue weighted by molar-refractivity contribution is 5.74. The number of carboxylic acids is 1. The first kappa shape index (κ1) is 11.9. The standard InChI is InChI=1S/C13H23NO2/c1-2-13(12(15)16)7-9-14(10-8-13)11-5-3-4-6-11/h11H,2-10H2,1H3,(H,15,16). The minimum absolute atomic E-state index is 0.422. The van der Waals surface area contributed by atoms with Crippen LogP contribution in [0.3, 0.4) is 0 Å². The van der Waals surface area contributed by atoms with Crippen molar-refractivity contribution in [2.24, 2.45) is 5.41 Å². The van der Waals surface area contributed by atoms with E-state index in [0.717, 1.165) is 38.4 Å². The molecule has 1 aliphatic carbocycles. The maximum atomic E-state index is 11.3. The number of carbonyl (C=O) groups is 1. The maximum Gasteiger partial charge on any atom is 0.309 e. The normalized spacial score (nSPS) is 27.1. The number of likely N-dealkylation sites (tertiary alicyclic amines) is 1. The third kappa shape index (κ3) is 2.10. The second-order valence-corrected chi connectivity index (χ2v) is 5.41. The van der Waals surface area contributed by atoms with Crippen LogP contribution in [0.4, 0.5) is 0 Å². The summed E-state index contributed by atoms with van der Waals surface area (Å²) in [6.07, 6.45) is 7.84. The lowest BCUT2D eigenvalue weighted by Crippen LogP contribution is -2.47. The second-order valence-electron chi connectivity index (χ2n) is 5.41. The molecule has 0 bridgehead atoms. The van der Waals surface area contributed by atoms with Crippen molar-refractivity contribution in [1.82, 2.24) is 4.90 Å². The van der Waals surface area contributed by atoms with Gasteiger partial charge in [0.25, 0.3) is 0 Å². The van der Waals surface area contributed by atoms with E-state index in [1.165, 1.54) is 25.7 Å². The number of piperidine rings is 1. The monoisotopic (exact) mass is 225 g/mol. The number of nitrogens with zero attached hydrogens (tertiary/aromatic N) is 1. The first-order valence-electron chi connectivity index (χ1n) is 6.65. The SMILES string of the molecule is CCC1(C(=O)O)CCN(C2CCCC2)CC1. The van der Waals surface area contributed by atoms with Crippen molar-refractivity contribution in [1.29, 1.82) is 0 Å². The van der Waals surface area contributed by atoms with Gasteiger partial charge in [0.2, 0.25) is 0 Å². The lowest BCUT2D eigenvalue weighted by molar-refractivity contribution is -0.152.